The van der Waals surface area contributed by atoms with Crippen LogP contribution >= 0.6 is 0 Å². The summed E-state index contributed by atoms with van der Waals surface area (Å²) in [5, 5.41) is 7.81. The minimum absolute atomic E-state index is 0.367. The van der Waals surface area contributed by atoms with Crippen molar-refractivity contribution in [3.05, 3.63) is 46.8 Å². The monoisotopic (exact) mass is 421 g/mol. The molecule has 0 radical (unpaired) electrons. The molecule has 0 bridgehead atoms. The van der Waals surface area contributed by atoms with Crippen molar-refractivity contribution in [3.8, 4) is 0 Å². The number of aryl methyl sites for hydroxylation is 4. The Labute approximate surface area is 181 Å². The Morgan fingerprint density at radius 1 is 1.13 bits per heavy atom. The molecule has 0 spiro atoms. The number of carbonyl (C=O) groups is 2. The van der Waals surface area contributed by atoms with Crippen LogP contribution in [0.5, 0.6) is 0 Å². The van der Waals surface area contributed by atoms with Gasteiger partial charge in [0.2, 0.25) is 0 Å². The standard InChI is InChI=1S/C23H27N5O3/c1-14-11-17(28-9-5-6-10-28)7-8-19(14)25-20(29)13-31-23(30)18-12-15(2)24-22-21(18)16(3)26-27(22)4/h7-8,11-12H,5-6,9-10,13H2,1-4H3,(H,25,29). The van der Waals surface area contributed by atoms with E-state index in [9.17, 15) is 9.59 Å². The molecule has 0 unspecified atom stereocenters. The molecule has 0 saturated carbocycles. The van der Waals surface area contributed by atoms with Crippen molar-refractivity contribution in [2.45, 2.75) is 33.6 Å². The van der Waals surface area contributed by atoms with Gasteiger partial charge in [-0.2, -0.15) is 5.10 Å². The van der Waals surface area contributed by atoms with E-state index in [2.05, 4.69) is 26.4 Å². The van der Waals surface area contributed by atoms with Gasteiger partial charge >= 0.3 is 5.97 Å². The molecule has 3 aromatic rings. The van der Waals surface area contributed by atoms with Crippen LogP contribution in [0, 0.1) is 20.8 Å². The molecule has 1 aliphatic rings. The lowest BCUT2D eigenvalue weighted by Crippen LogP contribution is -2.22. The van der Waals surface area contributed by atoms with Crippen LogP contribution in [-0.2, 0) is 16.6 Å². The summed E-state index contributed by atoms with van der Waals surface area (Å²) in [7, 11) is 1.78. The molecule has 8 nitrogen and oxygen atoms in total. The highest BCUT2D eigenvalue weighted by atomic mass is 16.5. The fourth-order valence-electron chi connectivity index (χ4n) is 4.09. The largest absolute Gasteiger partial charge is 0.452 e. The van der Waals surface area contributed by atoms with Gasteiger partial charge < -0.3 is 15.0 Å². The number of nitrogens with one attached hydrogen (secondary N) is 1. The second kappa shape index (κ2) is 8.37. The third-order valence-corrected chi connectivity index (χ3v) is 5.61. The van der Waals surface area contributed by atoms with E-state index < -0.39 is 5.97 Å². The molecule has 0 aliphatic carbocycles. The summed E-state index contributed by atoms with van der Waals surface area (Å²) in [6.45, 7) is 7.35. The molecule has 4 rings (SSSR count). The molecule has 1 aromatic carbocycles. The number of esters is 1. The van der Waals surface area contributed by atoms with Gasteiger partial charge in [0.15, 0.2) is 12.3 Å². The smallest absolute Gasteiger partial charge is 0.339 e. The van der Waals surface area contributed by atoms with Crippen molar-refractivity contribution < 1.29 is 14.3 Å². The van der Waals surface area contributed by atoms with Crippen molar-refractivity contribution in [2.75, 3.05) is 29.9 Å². The maximum Gasteiger partial charge on any atom is 0.339 e. The maximum atomic E-state index is 12.7. The first-order chi connectivity index (χ1) is 14.8. The molecule has 2 aromatic heterocycles. The van der Waals surface area contributed by atoms with Crippen molar-refractivity contribution in [2.24, 2.45) is 7.05 Å². The Kier molecular flexibility index (Phi) is 5.63. The summed E-state index contributed by atoms with van der Waals surface area (Å²) in [4.78, 5) is 31.9. The number of hydrogen-bond acceptors (Lipinski definition) is 6. The molecule has 1 aliphatic heterocycles. The maximum absolute atomic E-state index is 12.7. The third kappa shape index (κ3) is 4.23. The summed E-state index contributed by atoms with van der Waals surface area (Å²) in [5.74, 6) is -0.946. The van der Waals surface area contributed by atoms with Crippen LogP contribution in [0.2, 0.25) is 0 Å². The quantitative estimate of drug-likeness (QED) is 0.636. The molecule has 1 amide bonds. The van der Waals surface area contributed by atoms with Crippen LogP contribution in [0.4, 0.5) is 11.4 Å². The summed E-state index contributed by atoms with van der Waals surface area (Å²) >= 11 is 0. The topological polar surface area (TPSA) is 89.4 Å². The lowest BCUT2D eigenvalue weighted by molar-refractivity contribution is -0.119. The van der Waals surface area contributed by atoms with Crippen LogP contribution in [0.3, 0.4) is 0 Å². The van der Waals surface area contributed by atoms with Crippen molar-refractivity contribution in [3.63, 3.8) is 0 Å². The van der Waals surface area contributed by atoms with Gasteiger partial charge in [-0.3, -0.25) is 9.48 Å². The van der Waals surface area contributed by atoms with Crippen molar-refractivity contribution in [1.29, 1.82) is 0 Å². The molecule has 3 heterocycles. The average Bonchev–Trinajstić information content (AvgIpc) is 3.36. The number of ether oxygens (including phenoxy) is 1. The van der Waals surface area contributed by atoms with Gasteiger partial charge in [-0.1, -0.05) is 0 Å². The number of aromatic nitrogens is 3. The number of amides is 1. The van der Waals surface area contributed by atoms with Crippen LogP contribution in [0.1, 0.15) is 40.2 Å². The van der Waals surface area contributed by atoms with Crippen LogP contribution < -0.4 is 10.2 Å². The van der Waals surface area contributed by atoms with E-state index in [0.29, 0.717) is 33.7 Å². The van der Waals surface area contributed by atoms with Gasteiger partial charge in [-0.05, 0) is 63.4 Å². The minimum atomic E-state index is -0.567. The number of benzene rings is 1. The zero-order valence-electron chi connectivity index (χ0n) is 18.4. The molecule has 162 valence electrons. The second-order valence-corrected chi connectivity index (χ2v) is 8.04. The van der Waals surface area contributed by atoms with E-state index in [0.717, 1.165) is 18.7 Å². The average molecular weight is 422 g/mol. The van der Waals surface area contributed by atoms with Crippen LogP contribution in [0.15, 0.2) is 24.3 Å². The highest BCUT2D eigenvalue weighted by Gasteiger charge is 2.20. The number of rotatable bonds is 5. The Bertz CT molecular complexity index is 1160. The van der Waals surface area contributed by atoms with Gasteiger partial charge in [0.05, 0.1) is 16.6 Å². The Morgan fingerprint density at radius 2 is 1.87 bits per heavy atom. The third-order valence-electron chi connectivity index (χ3n) is 5.61. The van der Waals surface area contributed by atoms with E-state index in [1.54, 1.807) is 24.7 Å². The molecule has 1 fully saturated rings. The Morgan fingerprint density at radius 3 is 2.58 bits per heavy atom. The molecule has 1 N–H and O–H groups in total. The first-order valence-corrected chi connectivity index (χ1v) is 10.5. The molecule has 0 atom stereocenters. The van der Waals surface area contributed by atoms with Crippen molar-refractivity contribution in [1.82, 2.24) is 14.8 Å². The molecule has 1 saturated heterocycles. The van der Waals surface area contributed by atoms with Crippen molar-refractivity contribution >= 4 is 34.3 Å². The summed E-state index contributed by atoms with van der Waals surface area (Å²) < 4.78 is 6.94. The van der Waals surface area contributed by atoms with E-state index in [4.69, 9.17) is 4.74 Å². The highest BCUT2D eigenvalue weighted by molar-refractivity contribution is 6.05. The van der Waals surface area contributed by atoms with Gasteiger partial charge in [-0.15, -0.1) is 0 Å². The zero-order valence-corrected chi connectivity index (χ0v) is 18.4. The van der Waals surface area contributed by atoms with Gasteiger partial charge in [-0.25, -0.2) is 9.78 Å². The summed E-state index contributed by atoms with van der Waals surface area (Å²) in [6, 6.07) is 7.66. The SMILES string of the molecule is Cc1cc(C(=O)OCC(=O)Nc2ccc(N3CCCC3)cc2C)c2c(C)nn(C)c2n1. The van der Waals surface area contributed by atoms with E-state index in [1.807, 2.05) is 26.0 Å². The number of nitrogens with zero attached hydrogens (tertiary/aromatic N) is 4. The van der Waals surface area contributed by atoms with E-state index >= 15 is 0 Å². The number of fused-ring (bicyclic) bond motifs is 1. The molecule has 8 heteroatoms. The van der Waals surface area contributed by atoms with Gasteiger partial charge in [0, 0.05) is 37.2 Å². The lowest BCUT2D eigenvalue weighted by Gasteiger charge is -2.19. The second-order valence-electron chi connectivity index (χ2n) is 8.04. The first kappa shape index (κ1) is 20.8. The van der Waals surface area contributed by atoms with Gasteiger partial charge in [0.25, 0.3) is 5.91 Å². The molecular formula is C23H27N5O3. The zero-order chi connectivity index (χ0) is 22.1. The predicted molar refractivity (Wildman–Crippen MR) is 120 cm³/mol. The van der Waals surface area contributed by atoms with E-state index in [1.165, 1.54) is 18.5 Å². The number of anilines is 2. The lowest BCUT2D eigenvalue weighted by atomic mass is 10.1. The van der Waals surface area contributed by atoms with E-state index in [-0.39, 0.29) is 12.5 Å². The van der Waals surface area contributed by atoms with Crippen LogP contribution in [0.25, 0.3) is 11.0 Å². The summed E-state index contributed by atoms with van der Waals surface area (Å²) in [6.07, 6.45) is 2.43. The normalized spacial score (nSPS) is 13.6. The molecule has 31 heavy (non-hydrogen) atoms. The summed E-state index contributed by atoms with van der Waals surface area (Å²) in [5.41, 5.74) is 5.21. The predicted octanol–water partition coefficient (Wildman–Crippen LogP) is 3.29. The Hall–Kier alpha value is -3.42. The molecular weight excluding hydrogens is 394 g/mol. The minimum Gasteiger partial charge on any atom is -0.452 e. The highest BCUT2D eigenvalue weighted by Crippen LogP contribution is 2.26. The first-order valence-electron chi connectivity index (χ1n) is 10.5. The number of pyridine rings is 1. The number of carbonyl (C=O) groups excluding carboxylic acids is 2. The Balaban J connectivity index is 1.42. The van der Waals surface area contributed by atoms with Gasteiger partial charge in [0.1, 0.15) is 0 Å². The fraction of sp³-hybridized carbons (Fsp3) is 0.391. The number of hydrogen-bond donors (Lipinski definition) is 1. The fourth-order valence-corrected chi connectivity index (χ4v) is 4.09. The van der Waals surface area contributed by atoms with Crippen LogP contribution in [-0.4, -0.2) is 46.3 Å².